The first-order valence-corrected chi connectivity index (χ1v) is 7.35. The molecule has 5 nitrogen and oxygen atoms in total. The number of carbonyl (C=O) groups excluding carboxylic acids is 2. The Morgan fingerprint density at radius 1 is 1.19 bits per heavy atom. The molecule has 0 unspecified atom stereocenters. The summed E-state index contributed by atoms with van der Waals surface area (Å²) in [4.78, 5) is 23.5. The van der Waals surface area contributed by atoms with Crippen molar-refractivity contribution in [1.82, 2.24) is 5.32 Å². The van der Waals surface area contributed by atoms with Crippen molar-refractivity contribution in [3.8, 4) is 5.75 Å². The molecule has 1 aromatic carbocycles. The van der Waals surface area contributed by atoms with E-state index in [1.807, 2.05) is 19.9 Å². The van der Waals surface area contributed by atoms with E-state index in [4.69, 9.17) is 4.74 Å². The number of benzene rings is 1. The predicted octanol–water partition coefficient (Wildman–Crippen LogP) is 2.58. The molecule has 0 fully saturated rings. The average molecular weight is 292 g/mol. The molecule has 116 valence electrons. The highest BCUT2D eigenvalue weighted by Crippen LogP contribution is 2.23. The number of amides is 2. The molecule has 21 heavy (non-hydrogen) atoms. The van der Waals surface area contributed by atoms with Crippen molar-refractivity contribution in [2.24, 2.45) is 5.92 Å². The third kappa shape index (κ3) is 6.29. The van der Waals surface area contributed by atoms with Crippen LogP contribution in [-0.2, 0) is 9.59 Å². The van der Waals surface area contributed by atoms with E-state index in [-0.39, 0.29) is 0 Å². The Morgan fingerprint density at radius 2 is 1.90 bits per heavy atom. The zero-order chi connectivity index (χ0) is 15.7. The monoisotopic (exact) mass is 292 g/mol. The van der Waals surface area contributed by atoms with Crippen molar-refractivity contribution >= 4 is 17.5 Å². The van der Waals surface area contributed by atoms with Crippen LogP contribution in [0.5, 0.6) is 5.75 Å². The minimum atomic E-state index is -0.679. The Labute approximate surface area is 126 Å². The molecule has 0 saturated carbocycles. The van der Waals surface area contributed by atoms with Gasteiger partial charge < -0.3 is 15.4 Å². The lowest BCUT2D eigenvalue weighted by atomic mass is 10.2. The quantitative estimate of drug-likeness (QED) is 0.599. The summed E-state index contributed by atoms with van der Waals surface area (Å²) >= 11 is 0. The number of hydrogen-bond acceptors (Lipinski definition) is 3. The van der Waals surface area contributed by atoms with Crippen LogP contribution in [0.2, 0.25) is 0 Å². The molecule has 0 aromatic heterocycles. The zero-order valence-corrected chi connectivity index (χ0v) is 12.9. The van der Waals surface area contributed by atoms with Gasteiger partial charge in [0, 0.05) is 6.54 Å². The maximum absolute atomic E-state index is 11.8. The number of rotatable bonds is 7. The predicted molar refractivity (Wildman–Crippen MR) is 83.3 cm³/mol. The van der Waals surface area contributed by atoms with Crippen LogP contribution in [0.15, 0.2) is 24.3 Å². The number of unbranched alkanes of at least 4 members (excludes halogenated alkanes) is 1. The number of nitrogens with one attached hydrogen (secondary N) is 2. The fourth-order valence-corrected chi connectivity index (χ4v) is 1.58. The second-order valence-electron chi connectivity index (χ2n) is 5.26. The lowest BCUT2D eigenvalue weighted by molar-refractivity contribution is -0.136. The number of hydrogen-bond donors (Lipinski definition) is 2. The standard InChI is InChI=1S/C16H24N2O3/c1-4-5-10-21-14-9-7-6-8-13(14)18-16(20)15(19)17-11-12(2)3/h6-9,12H,4-5,10-11H2,1-3H3,(H,17,19)(H,18,20). The first-order chi connectivity index (χ1) is 10.0. The van der Waals surface area contributed by atoms with Crippen molar-refractivity contribution in [3.63, 3.8) is 0 Å². The first kappa shape index (κ1) is 17.0. The van der Waals surface area contributed by atoms with E-state index in [1.54, 1.807) is 18.2 Å². The molecule has 0 aliphatic carbocycles. The summed E-state index contributed by atoms with van der Waals surface area (Å²) in [6.07, 6.45) is 1.98. The number of ether oxygens (including phenoxy) is 1. The van der Waals surface area contributed by atoms with E-state index >= 15 is 0 Å². The minimum Gasteiger partial charge on any atom is -0.491 e. The van der Waals surface area contributed by atoms with Gasteiger partial charge in [-0.1, -0.05) is 39.3 Å². The average Bonchev–Trinajstić information content (AvgIpc) is 2.46. The van der Waals surface area contributed by atoms with Crippen molar-refractivity contribution in [2.75, 3.05) is 18.5 Å². The van der Waals surface area contributed by atoms with Crippen molar-refractivity contribution in [2.45, 2.75) is 33.6 Å². The lowest BCUT2D eigenvalue weighted by Crippen LogP contribution is -2.37. The largest absolute Gasteiger partial charge is 0.491 e. The molecule has 0 aliphatic heterocycles. The van der Waals surface area contributed by atoms with E-state index < -0.39 is 11.8 Å². The van der Waals surface area contributed by atoms with Gasteiger partial charge in [-0.05, 0) is 24.5 Å². The summed E-state index contributed by atoms with van der Waals surface area (Å²) < 4.78 is 5.61. The number of anilines is 1. The molecular formula is C16H24N2O3. The van der Waals surface area contributed by atoms with Gasteiger partial charge in [0.15, 0.2) is 0 Å². The molecule has 0 spiro atoms. The molecular weight excluding hydrogens is 268 g/mol. The molecule has 2 N–H and O–H groups in total. The van der Waals surface area contributed by atoms with Crippen LogP contribution in [0.1, 0.15) is 33.6 Å². The number of para-hydroxylation sites is 2. The summed E-state index contributed by atoms with van der Waals surface area (Å²) in [5.74, 6) is -0.434. The number of carbonyl (C=O) groups is 2. The van der Waals surface area contributed by atoms with Crippen LogP contribution in [0, 0.1) is 5.92 Å². The summed E-state index contributed by atoms with van der Waals surface area (Å²) in [5.41, 5.74) is 0.512. The lowest BCUT2D eigenvalue weighted by Gasteiger charge is -2.12. The Kier molecular flexibility index (Phi) is 7.29. The maximum Gasteiger partial charge on any atom is 0.313 e. The van der Waals surface area contributed by atoms with Crippen molar-refractivity contribution in [3.05, 3.63) is 24.3 Å². The smallest absolute Gasteiger partial charge is 0.313 e. The second kappa shape index (κ2) is 9.00. The maximum atomic E-state index is 11.8. The van der Waals surface area contributed by atoms with Gasteiger partial charge in [0.2, 0.25) is 0 Å². The molecule has 0 heterocycles. The summed E-state index contributed by atoms with van der Waals surface area (Å²) in [5, 5.41) is 5.17. The molecule has 0 aliphatic rings. The van der Waals surface area contributed by atoms with E-state index in [1.165, 1.54) is 0 Å². The van der Waals surface area contributed by atoms with E-state index in [2.05, 4.69) is 17.6 Å². The Hall–Kier alpha value is -2.04. The van der Waals surface area contributed by atoms with Gasteiger partial charge in [0.05, 0.1) is 12.3 Å². The molecule has 0 bridgehead atoms. The molecule has 0 saturated heterocycles. The van der Waals surface area contributed by atoms with Gasteiger partial charge in [-0.25, -0.2) is 0 Å². The van der Waals surface area contributed by atoms with Crippen LogP contribution < -0.4 is 15.4 Å². The van der Waals surface area contributed by atoms with Gasteiger partial charge in [-0.2, -0.15) is 0 Å². The topological polar surface area (TPSA) is 67.4 Å². The van der Waals surface area contributed by atoms with Crippen LogP contribution in [-0.4, -0.2) is 25.0 Å². The minimum absolute atomic E-state index is 0.298. The molecule has 1 aromatic rings. The van der Waals surface area contributed by atoms with Gasteiger partial charge in [0.1, 0.15) is 5.75 Å². The Bertz CT molecular complexity index is 472. The summed E-state index contributed by atoms with van der Waals surface area (Å²) in [6, 6.07) is 7.11. The molecule has 2 amide bonds. The highest BCUT2D eigenvalue weighted by Gasteiger charge is 2.15. The van der Waals surface area contributed by atoms with Gasteiger partial charge in [-0.3, -0.25) is 9.59 Å². The Morgan fingerprint density at radius 3 is 2.57 bits per heavy atom. The highest BCUT2D eigenvalue weighted by molar-refractivity contribution is 6.39. The second-order valence-corrected chi connectivity index (χ2v) is 5.26. The molecule has 1 rings (SSSR count). The summed E-state index contributed by atoms with van der Waals surface area (Å²) in [7, 11) is 0. The molecule has 0 atom stereocenters. The zero-order valence-electron chi connectivity index (χ0n) is 12.9. The van der Waals surface area contributed by atoms with Crippen molar-refractivity contribution in [1.29, 1.82) is 0 Å². The van der Waals surface area contributed by atoms with Gasteiger partial charge >= 0.3 is 11.8 Å². The van der Waals surface area contributed by atoms with Crippen molar-refractivity contribution < 1.29 is 14.3 Å². The first-order valence-electron chi connectivity index (χ1n) is 7.35. The van der Waals surface area contributed by atoms with Crippen LogP contribution in [0.25, 0.3) is 0 Å². The third-order valence-corrected chi connectivity index (χ3v) is 2.77. The third-order valence-electron chi connectivity index (χ3n) is 2.77. The fourth-order valence-electron chi connectivity index (χ4n) is 1.58. The van der Waals surface area contributed by atoms with E-state index in [0.717, 1.165) is 12.8 Å². The van der Waals surface area contributed by atoms with Gasteiger partial charge in [-0.15, -0.1) is 0 Å². The van der Waals surface area contributed by atoms with E-state index in [0.29, 0.717) is 30.5 Å². The molecule has 0 radical (unpaired) electrons. The van der Waals surface area contributed by atoms with Crippen LogP contribution in [0.3, 0.4) is 0 Å². The van der Waals surface area contributed by atoms with Crippen LogP contribution in [0.4, 0.5) is 5.69 Å². The Balaban J connectivity index is 2.60. The highest BCUT2D eigenvalue weighted by atomic mass is 16.5. The normalized spacial score (nSPS) is 10.3. The van der Waals surface area contributed by atoms with Gasteiger partial charge in [0.25, 0.3) is 0 Å². The molecule has 5 heteroatoms. The van der Waals surface area contributed by atoms with E-state index in [9.17, 15) is 9.59 Å². The SMILES string of the molecule is CCCCOc1ccccc1NC(=O)C(=O)NCC(C)C. The summed E-state index contributed by atoms with van der Waals surface area (Å²) in [6.45, 7) is 7.07. The fraction of sp³-hybridized carbons (Fsp3) is 0.500. The van der Waals surface area contributed by atoms with Crippen LogP contribution >= 0.6 is 0 Å².